The predicted octanol–water partition coefficient (Wildman–Crippen LogP) is 3.62. The second kappa shape index (κ2) is 7.05. The van der Waals surface area contributed by atoms with Gasteiger partial charge in [-0.25, -0.2) is 9.78 Å². The number of nitrogens with zero attached hydrogens (tertiary/aromatic N) is 2. The minimum Gasteiger partial charge on any atom is -0.441 e. The zero-order chi connectivity index (χ0) is 17.9. The number of carbonyl (C=O) groups excluding carboxylic acids is 1. The molecule has 0 saturated carbocycles. The fraction of sp³-hybridized carbons (Fsp3) is 0.263. The second-order valence-corrected chi connectivity index (χ2v) is 6.14. The van der Waals surface area contributed by atoms with Crippen LogP contribution < -0.4 is 15.5 Å². The summed E-state index contributed by atoms with van der Waals surface area (Å²) in [6, 6.07) is 12.9. The highest BCUT2D eigenvalue weighted by molar-refractivity contribution is 6.00. The Morgan fingerprint density at radius 3 is 2.50 bits per heavy atom. The van der Waals surface area contributed by atoms with Gasteiger partial charge in [0.25, 0.3) is 0 Å². The van der Waals surface area contributed by atoms with E-state index in [-0.39, 0.29) is 6.03 Å². The Morgan fingerprint density at radius 1 is 1.04 bits per heavy atom. The number of urea groups is 1. The number of benzene rings is 2. The lowest BCUT2D eigenvalue weighted by molar-refractivity contribution is 0.122. The smallest absolute Gasteiger partial charge is 0.323 e. The van der Waals surface area contributed by atoms with E-state index in [1.165, 1.54) is 0 Å². The van der Waals surface area contributed by atoms with Crippen LogP contribution in [0.2, 0.25) is 0 Å². The molecule has 1 aliphatic heterocycles. The van der Waals surface area contributed by atoms with E-state index in [1.807, 2.05) is 24.3 Å². The third-order valence-corrected chi connectivity index (χ3v) is 4.25. The second-order valence-electron chi connectivity index (χ2n) is 6.14. The van der Waals surface area contributed by atoms with Crippen LogP contribution in [0.25, 0.3) is 11.1 Å². The van der Waals surface area contributed by atoms with Gasteiger partial charge in [-0.15, -0.1) is 0 Å². The van der Waals surface area contributed by atoms with Gasteiger partial charge in [0.1, 0.15) is 5.52 Å². The number of anilines is 3. The predicted molar refractivity (Wildman–Crippen MR) is 101 cm³/mol. The normalized spacial score (nSPS) is 14.4. The summed E-state index contributed by atoms with van der Waals surface area (Å²) >= 11 is 0. The van der Waals surface area contributed by atoms with E-state index in [0.717, 1.165) is 43.2 Å². The number of ether oxygens (including phenoxy) is 1. The summed E-state index contributed by atoms with van der Waals surface area (Å²) < 4.78 is 10.8. The van der Waals surface area contributed by atoms with Crippen molar-refractivity contribution in [1.82, 2.24) is 4.98 Å². The van der Waals surface area contributed by atoms with Crippen LogP contribution in [0.1, 0.15) is 5.89 Å². The minimum atomic E-state index is -0.302. The number of aromatic nitrogens is 1. The fourth-order valence-corrected chi connectivity index (χ4v) is 2.99. The number of hydrogen-bond donors (Lipinski definition) is 2. The lowest BCUT2D eigenvalue weighted by Crippen LogP contribution is -2.36. The molecule has 0 unspecified atom stereocenters. The van der Waals surface area contributed by atoms with Crippen molar-refractivity contribution in [3.63, 3.8) is 0 Å². The van der Waals surface area contributed by atoms with Crippen LogP contribution in [-0.4, -0.2) is 37.3 Å². The SMILES string of the molecule is Cc1nc2cc(NC(=O)Nc3ccc(N4CCOCC4)cc3)ccc2o1. The molecule has 0 atom stereocenters. The van der Waals surface area contributed by atoms with E-state index in [9.17, 15) is 4.79 Å². The first kappa shape index (κ1) is 16.4. The monoisotopic (exact) mass is 352 g/mol. The average Bonchev–Trinajstić information content (AvgIpc) is 3.02. The summed E-state index contributed by atoms with van der Waals surface area (Å²) in [5, 5.41) is 5.65. The van der Waals surface area contributed by atoms with Crippen LogP contribution in [0.4, 0.5) is 21.9 Å². The van der Waals surface area contributed by atoms with Crippen molar-refractivity contribution in [2.24, 2.45) is 0 Å². The molecule has 1 fully saturated rings. The van der Waals surface area contributed by atoms with Crippen molar-refractivity contribution >= 4 is 34.2 Å². The van der Waals surface area contributed by atoms with Gasteiger partial charge in [-0.05, 0) is 42.5 Å². The van der Waals surface area contributed by atoms with Crippen LogP contribution in [0.15, 0.2) is 46.9 Å². The van der Waals surface area contributed by atoms with Gasteiger partial charge in [0.2, 0.25) is 0 Å². The first-order chi connectivity index (χ1) is 12.7. The van der Waals surface area contributed by atoms with Gasteiger partial charge in [-0.1, -0.05) is 0 Å². The van der Waals surface area contributed by atoms with E-state index < -0.39 is 0 Å². The maximum Gasteiger partial charge on any atom is 0.323 e. The number of carbonyl (C=O) groups is 1. The number of aryl methyl sites for hydroxylation is 1. The van der Waals surface area contributed by atoms with Crippen molar-refractivity contribution in [1.29, 1.82) is 0 Å². The standard InChI is InChI=1S/C19H20N4O3/c1-13-20-17-12-15(4-7-18(17)26-13)22-19(24)21-14-2-5-16(6-3-14)23-8-10-25-11-9-23/h2-7,12H,8-11H2,1H3,(H2,21,22,24). The Balaban J connectivity index is 1.38. The molecular formula is C19H20N4O3. The van der Waals surface area contributed by atoms with Crippen molar-refractivity contribution in [3.05, 3.63) is 48.4 Å². The van der Waals surface area contributed by atoms with Crippen molar-refractivity contribution < 1.29 is 13.9 Å². The number of nitrogens with one attached hydrogen (secondary N) is 2. The summed E-state index contributed by atoms with van der Waals surface area (Å²) in [7, 11) is 0. The van der Waals surface area contributed by atoms with E-state index in [1.54, 1.807) is 25.1 Å². The van der Waals surface area contributed by atoms with Gasteiger partial charge in [0.05, 0.1) is 13.2 Å². The Kier molecular flexibility index (Phi) is 4.45. The van der Waals surface area contributed by atoms with Crippen molar-refractivity contribution in [2.45, 2.75) is 6.92 Å². The Bertz CT molecular complexity index is 914. The van der Waals surface area contributed by atoms with Gasteiger partial charge >= 0.3 is 6.03 Å². The van der Waals surface area contributed by atoms with E-state index in [0.29, 0.717) is 17.2 Å². The van der Waals surface area contributed by atoms with Crippen LogP contribution in [-0.2, 0) is 4.74 Å². The zero-order valence-electron chi connectivity index (χ0n) is 14.5. The highest BCUT2D eigenvalue weighted by Crippen LogP contribution is 2.21. The Hall–Kier alpha value is -3.06. The first-order valence-corrected chi connectivity index (χ1v) is 8.55. The number of rotatable bonds is 3. The highest BCUT2D eigenvalue weighted by atomic mass is 16.5. The molecule has 2 amide bonds. The molecule has 0 spiro atoms. The van der Waals surface area contributed by atoms with Crippen LogP contribution >= 0.6 is 0 Å². The molecule has 1 saturated heterocycles. The van der Waals surface area contributed by atoms with E-state index >= 15 is 0 Å². The molecular weight excluding hydrogens is 332 g/mol. The number of fused-ring (bicyclic) bond motifs is 1. The Labute approximate surface area is 151 Å². The summed E-state index contributed by atoms with van der Waals surface area (Å²) in [6.45, 7) is 5.06. The topological polar surface area (TPSA) is 79.6 Å². The lowest BCUT2D eigenvalue weighted by atomic mass is 10.2. The third kappa shape index (κ3) is 3.62. The number of morpholine rings is 1. The molecule has 4 rings (SSSR count). The molecule has 7 heteroatoms. The zero-order valence-corrected chi connectivity index (χ0v) is 14.5. The molecule has 2 heterocycles. The molecule has 2 N–H and O–H groups in total. The largest absolute Gasteiger partial charge is 0.441 e. The number of amides is 2. The summed E-state index contributed by atoms with van der Waals surface area (Å²) in [6.07, 6.45) is 0. The number of hydrogen-bond acceptors (Lipinski definition) is 5. The molecule has 134 valence electrons. The maximum absolute atomic E-state index is 12.2. The molecule has 1 aliphatic rings. The van der Waals surface area contributed by atoms with Gasteiger partial charge in [-0.2, -0.15) is 0 Å². The molecule has 3 aromatic rings. The molecule has 0 bridgehead atoms. The quantitative estimate of drug-likeness (QED) is 0.753. The van der Waals surface area contributed by atoms with Crippen LogP contribution in [0.3, 0.4) is 0 Å². The van der Waals surface area contributed by atoms with E-state index in [4.69, 9.17) is 9.15 Å². The van der Waals surface area contributed by atoms with Crippen LogP contribution in [0.5, 0.6) is 0 Å². The molecule has 26 heavy (non-hydrogen) atoms. The molecule has 7 nitrogen and oxygen atoms in total. The summed E-state index contributed by atoms with van der Waals surface area (Å²) in [4.78, 5) is 18.8. The van der Waals surface area contributed by atoms with Gasteiger partial charge in [-0.3, -0.25) is 0 Å². The number of oxazole rings is 1. The fourth-order valence-electron chi connectivity index (χ4n) is 2.99. The highest BCUT2D eigenvalue weighted by Gasteiger charge is 2.11. The van der Waals surface area contributed by atoms with Gasteiger partial charge in [0, 0.05) is 37.1 Å². The molecule has 1 aromatic heterocycles. The lowest BCUT2D eigenvalue weighted by Gasteiger charge is -2.28. The maximum atomic E-state index is 12.2. The Morgan fingerprint density at radius 2 is 1.73 bits per heavy atom. The van der Waals surface area contributed by atoms with E-state index in [2.05, 4.69) is 20.5 Å². The van der Waals surface area contributed by atoms with Crippen LogP contribution in [0, 0.1) is 6.92 Å². The van der Waals surface area contributed by atoms with Gasteiger partial charge < -0.3 is 24.7 Å². The third-order valence-electron chi connectivity index (χ3n) is 4.25. The first-order valence-electron chi connectivity index (χ1n) is 8.55. The molecule has 0 radical (unpaired) electrons. The van der Waals surface area contributed by atoms with Crippen molar-refractivity contribution in [2.75, 3.05) is 41.8 Å². The van der Waals surface area contributed by atoms with Crippen molar-refractivity contribution in [3.8, 4) is 0 Å². The summed E-state index contributed by atoms with van der Waals surface area (Å²) in [5.41, 5.74) is 3.94. The summed E-state index contributed by atoms with van der Waals surface area (Å²) in [5.74, 6) is 0.599. The molecule has 0 aliphatic carbocycles. The minimum absolute atomic E-state index is 0.302. The van der Waals surface area contributed by atoms with Gasteiger partial charge in [0.15, 0.2) is 11.5 Å². The molecule has 2 aromatic carbocycles. The average molecular weight is 352 g/mol.